The minimum absolute atomic E-state index is 0.0200. The molecule has 0 aliphatic carbocycles. The van der Waals surface area contributed by atoms with Gasteiger partial charge >= 0.3 is 0 Å². The molecule has 2 heteroatoms. The Morgan fingerprint density at radius 3 is 0.833 bits per heavy atom. The standard InChI is InChI=1S/C22H14O2/c23-21-13-9-19(10-14-21)7-5-17-1-2-18(4-3-17)6-8-20-11-15-22(24)16-12-20/h1-4,9-16,23-24H/p-2. The summed E-state index contributed by atoms with van der Waals surface area (Å²) in [5.41, 5.74) is 3.37. The molecule has 0 aliphatic rings. The van der Waals surface area contributed by atoms with Crippen molar-refractivity contribution in [3.8, 4) is 35.2 Å². The van der Waals surface area contributed by atoms with Gasteiger partial charge in [0.1, 0.15) is 0 Å². The first-order chi connectivity index (χ1) is 11.7. The molecule has 0 radical (unpaired) electrons. The van der Waals surface area contributed by atoms with Crippen LogP contribution >= 0.6 is 0 Å². The second-order valence-electron chi connectivity index (χ2n) is 5.13. The van der Waals surface area contributed by atoms with E-state index in [-0.39, 0.29) is 11.5 Å². The average Bonchev–Trinajstić information content (AvgIpc) is 2.62. The van der Waals surface area contributed by atoms with E-state index in [1.165, 1.54) is 24.3 Å². The maximum Gasteiger partial charge on any atom is 0.0249 e. The molecule has 0 fully saturated rings. The Balaban J connectivity index is 1.72. The smallest absolute Gasteiger partial charge is 0.0249 e. The molecule has 0 aliphatic heterocycles. The van der Waals surface area contributed by atoms with Crippen LogP contribution in [0, 0.1) is 23.7 Å². The van der Waals surface area contributed by atoms with E-state index >= 15 is 0 Å². The highest BCUT2D eigenvalue weighted by atomic mass is 16.3. The maximum atomic E-state index is 11.0. The van der Waals surface area contributed by atoms with Crippen LogP contribution in [0.4, 0.5) is 0 Å². The van der Waals surface area contributed by atoms with Gasteiger partial charge in [0.05, 0.1) is 0 Å². The van der Waals surface area contributed by atoms with Gasteiger partial charge in [0, 0.05) is 22.3 Å². The predicted molar refractivity (Wildman–Crippen MR) is 90.2 cm³/mol. The Bertz CT molecular complexity index is 861. The molecule has 3 rings (SSSR count). The zero-order valence-electron chi connectivity index (χ0n) is 12.7. The van der Waals surface area contributed by atoms with Crippen LogP contribution in [-0.2, 0) is 0 Å². The molecule has 24 heavy (non-hydrogen) atoms. The lowest BCUT2D eigenvalue weighted by atomic mass is 10.1. The van der Waals surface area contributed by atoms with Crippen molar-refractivity contribution in [2.24, 2.45) is 0 Å². The van der Waals surface area contributed by atoms with Crippen molar-refractivity contribution >= 4 is 0 Å². The summed E-state index contributed by atoms with van der Waals surface area (Å²) in [6, 6.07) is 20.5. The molecule has 0 amide bonds. The highest BCUT2D eigenvalue weighted by Gasteiger charge is 1.90. The lowest BCUT2D eigenvalue weighted by molar-refractivity contribution is -0.269. The summed E-state index contributed by atoms with van der Waals surface area (Å²) in [5, 5.41) is 22.1. The molecule has 3 aromatic carbocycles. The third-order valence-electron chi connectivity index (χ3n) is 3.30. The Kier molecular flexibility index (Phi) is 4.52. The van der Waals surface area contributed by atoms with Crippen molar-refractivity contribution in [2.75, 3.05) is 0 Å². The first kappa shape index (κ1) is 15.3. The molecule has 0 saturated heterocycles. The Hall–Kier alpha value is -3.62. The third kappa shape index (κ3) is 4.19. The van der Waals surface area contributed by atoms with Crippen molar-refractivity contribution in [2.45, 2.75) is 0 Å². The van der Waals surface area contributed by atoms with Crippen molar-refractivity contribution in [1.29, 1.82) is 0 Å². The SMILES string of the molecule is [O-]c1ccc(C#Cc2ccc(C#Cc3ccc([O-])cc3)cc2)cc1. The maximum absolute atomic E-state index is 11.0. The average molecular weight is 308 g/mol. The fourth-order valence-electron chi connectivity index (χ4n) is 2.00. The minimum Gasteiger partial charge on any atom is -0.872 e. The Morgan fingerprint density at radius 2 is 0.583 bits per heavy atom. The van der Waals surface area contributed by atoms with E-state index < -0.39 is 0 Å². The van der Waals surface area contributed by atoms with Crippen LogP contribution in [0.1, 0.15) is 22.3 Å². The van der Waals surface area contributed by atoms with E-state index in [0.717, 1.165) is 22.3 Å². The fraction of sp³-hybridized carbons (Fsp3) is 0. The lowest BCUT2D eigenvalue weighted by Gasteiger charge is -2.02. The first-order valence-corrected chi connectivity index (χ1v) is 7.37. The zero-order valence-corrected chi connectivity index (χ0v) is 12.7. The molecule has 0 spiro atoms. The van der Waals surface area contributed by atoms with Gasteiger partial charge < -0.3 is 10.2 Å². The summed E-state index contributed by atoms with van der Waals surface area (Å²) < 4.78 is 0. The molecule has 0 saturated carbocycles. The second kappa shape index (κ2) is 7.09. The second-order valence-corrected chi connectivity index (χ2v) is 5.13. The van der Waals surface area contributed by atoms with Crippen LogP contribution in [-0.4, -0.2) is 0 Å². The van der Waals surface area contributed by atoms with Gasteiger partial charge in [0.25, 0.3) is 0 Å². The van der Waals surface area contributed by atoms with E-state index in [4.69, 9.17) is 0 Å². The van der Waals surface area contributed by atoms with Crippen molar-refractivity contribution in [1.82, 2.24) is 0 Å². The van der Waals surface area contributed by atoms with E-state index in [9.17, 15) is 10.2 Å². The van der Waals surface area contributed by atoms with E-state index in [1.807, 2.05) is 24.3 Å². The quantitative estimate of drug-likeness (QED) is 0.599. The number of hydrogen-bond donors (Lipinski definition) is 0. The summed E-state index contributed by atoms with van der Waals surface area (Å²) in [7, 11) is 0. The molecule has 3 aromatic rings. The fourth-order valence-corrected chi connectivity index (χ4v) is 2.00. The zero-order chi connectivity index (χ0) is 16.8. The molecule has 0 heterocycles. The predicted octanol–water partition coefficient (Wildman–Crippen LogP) is 2.63. The molecule has 0 atom stereocenters. The van der Waals surface area contributed by atoms with E-state index in [1.54, 1.807) is 24.3 Å². The monoisotopic (exact) mass is 308 g/mol. The van der Waals surface area contributed by atoms with Gasteiger partial charge in [-0.05, 0) is 48.5 Å². The largest absolute Gasteiger partial charge is 0.872 e. The summed E-state index contributed by atoms with van der Waals surface area (Å²) in [6.45, 7) is 0. The van der Waals surface area contributed by atoms with Gasteiger partial charge in [-0.25, -0.2) is 0 Å². The molecule has 0 N–H and O–H groups in total. The number of benzene rings is 3. The Morgan fingerprint density at radius 1 is 0.375 bits per heavy atom. The molecule has 0 bridgehead atoms. The number of hydrogen-bond acceptors (Lipinski definition) is 2. The molecule has 114 valence electrons. The number of rotatable bonds is 0. The van der Waals surface area contributed by atoms with E-state index in [2.05, 4.69) is 23.7 Å². The van der Waals surface area contributed by atoms with E-state index in [0.29, 0.717) is 0 Å². The molecular weight excluding hydrogens is 296 g/mol. The van der Waals surface area contributed by atoms with Gasteiger partial charge in [-0.2, -0.15) is 0 Å². The van der Waals surface area contributed by atoms with Gasteiger partial charge in [0.2, 0.25) is 0 Å². The summed E-state index contributed by atoms with van der Waals surface area (Å²) in [6.07, 6.45) is 0. The van der Waals surface area contributed by atoms with Gasteiger partial charge in [-0.1, -0.05) is 47.9 Å². The van der Waals surface area contributed by atoms with Crippen LogP contribution in [0.2, 0.25) is 0 Å². The van der Waals surface area contributed by atoms with Crippen molar-refractivity contribution < 1.29 is 10.2 Å². The highest BCUT2D eigenvalue weighted by molar-refractivity contribution is 5.48. The van der Waals surface area contributed by atoms with Crippen LogP contribution < -0.4 is 10.2 Å². The topological polar surface area (TPSA) is 46.1 Å². The van der Waals surface area contributed by atoms with Crippen molar-refractivity contribution in [3.05, 3.63) is 95.1 Å². The normalized spacial score (nSPS) is 9.33. The first-order valence-electron chi connectivity index (χ1n) is 7.37. The Labute approximate surface area is 141 Å². The third-order valence-corrected chi connectivity index (χ3v) is 3.30. The van der Waals surface area contributed by atoms with Gasteiger partial charge in [0.15, 0.2) is 0 Å². The molecule has 0 unspecified atom stereocenters. The summed E-state index contributed by atoms with van der Waals surface area (Å²) in [5.74, 6) is 12.1. The summed E-state index contributed by atoms with van der Waals surface area (Å²) >= 11 is 0. The molecular formula is C22H12O2-2. The van der Waals surface area contributed by atoms with Gasteiger partial charge in [-0.15, -0.1) is 11.5 Å². The lowest BCUT2D eigenvalue weighted by Crippen LogP contribution is -1.87. The molecule has 2 nitrogen and oxygen atoms in total. The van der Waals surface area contributed by atoms with Crippen LogP contribution in [0.25, 0.3) is 0 Å². The minimum atomic E-state index is -0.0200. The van der Waals surface area contributed by atoms with Gasteiger partial charge in [-0.3, -0.25) is 0 Å². The molecule has 0 aromatic heterocycles. The van der Waals surface area contributed by atoms with Crippen LogP contribution in [0.3, 0.4) is 0 Å². The van der Waals surface area contributed by atoms with Crippen LogP contribution in [0.5, 0.6) is 11.5 Å². The summed E-state index contributed by atoms with van der Waals surface area (Å²) in [4.78, 5) is 0. The van der Waals surface area contributed by atoms with Crippen LogP contribution in [0.15, 0.2) is 72.8 Å². The highest BCUT2D eigenvalue weighted by Crippen LogP contribution is 2.08. The van der Waals surface area contributed by atoms with Crippen molar-refractivity contribution in [3.63, 3.8) is 0 Å².